The SMILES string of the molecule is CC(C)(C)N.CCCON1C(C)(C)CC(=O)CC1(C)C.CCCON1C(C)(C)CC(O)(P(=O)(OCC)OCC)CC1(C)C.CCO[P+](=O)OCC. The Hall–Kier alpha value is -0.400. The highest BCUT2D eigenvalue weighted by Crippen LogP contribution is 2.66. The third-order valence-corrected chi connectivity index (χ3v) is 10.8. The lowest BCUT2D eigenvalue weighted by Gasteiger charge is -2.57. The maximum absolute atomic E-state index is 13.2. The number of carbonyl (C=O) groups excluding carboxylic acids is 1. The quantitative estimate of drug-likeness (QED) is 0.152. The minimum absolute atomic E-state index is 0. The second kappa shape index (κ2) is 22.9. The van der Waals surface area contributed by atoms with Gasteiger partial charge in [-0.3, -0.25) is 19.0 Å². The van der Waals surface area contributed by atoms with Crippen molar-refractivity contribution in [2.24, 2.45) is 5.73 Å². The molecule has 2 aliphatic heterocycles. The van der Waals surface area contributed by atoms with Gasteiger partial charge in [0.1, 0.15) is 19.0 Å². The van der Waals surface area contributed by atoms with Gasteiger partial charge in [-0.2, -0.15) is 10.1 Å². The van der Waals surface area contributed by atoms with Gasteiger partial charge >= 0.3 is 15.9 Å². The number of nitrogens with zero attached hydrogens (tertiary/aromatic N) is 2. The maximum Gasteiger partial charge on any atom is 0.697 e. The van der Waals surface area contributed by atoms with E-state index in [9.17, 15) is 19.0 Å². The fourth-order valence-electron chi connectivity index (χ4n) is 6.52. The van der Waals surface area contributed by atoms with Crippen molar-refractivity contribution in [1.29, 1.82) is 0 Å². The van der Waals surface area contributed by atoms with E-state index >= 15 is 0 Å². The van der Waals surface area contributed by atoms with Gasteiger partial charge in [0.2, 0.25) is 0 Å². The highest BCUT2D eigenvalue weighted by atomic mass is 31.2. The fraction of sp³-hybridized carbons (Fsp3) is 0.972. The van der Waals surface area contributed by atoms with Crippen LogP contribution < -0.4 is 5.73 Å². The van der Waals surface area contributed by atoms with Crippen molar-refractivity contribution in [3.63, 3.8) is 0 Å². The van der Waals surface area contributed by atoms with Gasteiger partial charge in [0.15, 0.2) is 5.34 Å². The molecule has 0 spiro atoms. The average molecular weight is 775 g/mol. The van der Waals surface area contributed by atoms with Crippen LogP contribution in [0.5, 0.6) is 0 Å². The summed E-state index contributed by atoms with van der Waals surface area (Å²) in [5.41, 5.74) is 3.97. The van der Waals surface area contributed by atoms with Crippen molar-refractivity contribution >= 4 is 21.6 Å². The van der Waals surface area contributed by atoms with Crippen LogP contribution in [-0.4, -0.2) is 93.7 Å². The number of hydroxylamine groups is 4. The second-order valence-electron chi connectivity index (χ2n) is 16.5. The van der Waals surface area contributed by atoms with E-state index in [-0.39, 0.29) is 42.7 Å². The summed E-state index contributed by atoms with van der Waals surface area (Å²) in [5, 5.41) is 13.7. The molecule has 0 aliphatic carbocycles. The Balaban J connectivity index is 0. The van der Waals surface area contributed by atoms with Gasteiger partial charge in [-0.1, -0.05) is 13.8 Å². The molecule has 2 fully saturated rings. The van der Waals surface area contributed by atoms with Crippen LogP contribution >= 0.6 is 15.9 Å². The summed E-state index contributed by atoms with van der Waals surface area (Å²) >= 11 is 0. The molecular formula is C36H78N3O10P2+. The van der Waals surface area contributed by atoms with E-state index in [0.29, 0.717) is 38.4 Å². The summed E-state index contributed by atoms with van der Waals surface area (Å²) in [7, 11) is -5.48. The summed E-state index contributed by atoms with van der Waals surface area (Å²) < 4.78 is 43.6. The van der Waals surface area contributed by atoms with E-state index in [4.69, 9.17) is 24.5 Å². The number of aliphatic hydroxyl groups is 1. The van der Waals surface area contributed by atoms with E-state index in [1.165, 1.54) is 0 Å². The van der Waals surface area contributed by atoms with Crippen molar-refractivity contribution in [2.75, 3.05) is 39.6 Å². The fourth-order valence-corrected chi connectivity index (χ4v) is 9.42. The van der Waals surface area contributed by atoms with Gasteiger partial charge < -0.3 is 19.9 Å². The van der Waals surface area contributed by atoms with E-state index < -0.39 is 32.3 Å². The van der Waals surface area contributed by atoms with Gasteiger partial charge in [0, 0.05) is 57.9 Å². The first-order valence-electron chi connectivity index (χ1n) is 18.6. The zero-order valence-corrected chi connectivity index (χ0v) is 37.3. The normalized spacial score (nSPS) is 20.9. The average Bonchev–Trinajstić information content (AvgIpc) is 2.91. The molecule has 0 aromatic rings. The number of hydrogen-bond acceptors (Lipinski definition) is 13. The van der Waals surface area contributed by atoms with Crippen LogP contribution in [0.4, 0.5) is 0 Å². The molecule has 306 valence electrons. The van der Waals surface area contributed by atoms with Gasteiger partial charge in [0.25, 0.3) is 0 Å². The number of nitrogens with two attached hydrogens (primary N) is 1. The van der Waals surface area contributed by atoms with E-state index in [2.05, 4.69) is 50.6 Å². The molecular weight excluding hydrogens is 696 g/mol. The first kappa shape index (κ1) is 52.7. The zero-order valence-electron chi connectivity index (χ0n) is 35.5. The Labute approximate surface area is 312 Å². The summed E-state index contributed by atoms with van der Waals surface area (Å²) in [6, 6.07) is 0. The van der Waals surface area contributed by atoms with Crippen LogP contribution in [-0.2, 0) is 41.7 Å². The lowest BCUT2D eigenvalue weighted by atomic mass is 9.80. The van der Waals surface area contributed by atoms with Crippen LogP contribution in [0, 0.1) is 0 Å². The molecule has 3 N–H and O–H groups in total. The third-order valence-electron chi connectivity index (χ3n) is 7.32. The van der Waals surface area contributed by atoms with Crippen LogP contribution in [0.1, 0.15) is 156 Å². The largest absolute Gasteiger partial charge is 0.697 e. The van der Waals surface area contributed by atoms with Gasteiger partial charge in [-0.05, 0) is 117 Å². The van der Waals surface area contributed by atoms with Gasteiger partial charge in [0.05, 0.1) is 26.4 Å². The molecule has 0 aromatic heterocycles. The van der Waals surface area contributed by atoms with E-state index in [1.54, 1.807) is 27.7 Å². The molecule has 51 heavy (non-hydrogen) atoms. The number of piperidine rings is 2. The number of ketones is 1. The summed E-state index contributed by atoms with van der Waals surface area (Å²) in [4.78, 5) is 23.4. The number of carbonyl (C=O) groups is 1. The van der Waals surface area contributed by atoms with Gasteiger partial charge in [-0.25, -0.2) is 0 Å². The monoisotopic (exact) mass is 775 g/mol. The standard InChI is InChI=1S/C16H34NO5P.C12H23NO2.C4H11N.C4H10O3P/c1-8-11-20-17-14(4,5)12-16(18,13-15(17,6)7)23(19,21-9-2)22-10-3;1-6-7-15-13-11(2,3)8-10(14)9-12(13,4)5;1-4(2,3)5;1-3-6-8(5)7-4-2/h18H,8-13H2,1-7H3;6-9H2,1-5H3;5H2,1-3H3;3-4H2,1-2H3/q;;;+1. The minimum atomic E-state index is -3.65. The highest BCUT2D eigenvalue weighted by molar-refractivity contribution is 7.55. The van der Waals surface area contributed by atoms with Crippen molar-refractivity contribution in [1.82, 2.24) is 10.1 Å². The Kier molecular flexibility index (Phi) is 23.6. The number of Topliss-reactive ketones (excluding diaryl/α,β-unsaturated/α-hetero) is 1. The molecule has 2 heterocycles. The van der Waals surface area contributed by atoms with E-state index in [1.807, 2.05) is 58.6 Å². The number of hydrogen-bond donors (Lipinski definition) is 2. The Morgan fingerprint density at radius 3 is 1.29 bits per heavy atom. The first-order valence-corrected chi connectivity index (χ1v) is 21.2. The Morgan fingerprint density at radius 1 is 0.706 bits per heavy atom. The number of rotatable bonds is 15. The Bertz CT molecular complexity index is 1000. The van der Waals surface area contributed by atoms with Crippen LogP contribution in [0.15, 0.2) is 0 Å². The van der Waals surface area contributed by atoms with E-state index in [0.717, 1.165) is 19.4 Å². The molecule has 0 unspecified atom stereocenters. The molecule has 0 aromatic carbocycles. The van der Waals surface area contributed by atoms with Crippen molar-refractivity contribution in [2.45, 2.75) is 189 Å². The predicted molar refractivity (Wildman–Crippen MR) is 207 cm³/mol. The van der Waals surface area contributed by atoms with Gasteiger partial charge in [-0.15, -0.1) is 9.05 Å². The summed E-state index contributed by atoms with van der Waals surface area (Å²) in [6.07, 6.45) is 3.58. The topological polar surface area (TPSA) is 159 Å². The maximum atomic E-state index is 13.2. The third kappa shape index (κ3) is 19.2. The molecule has 2 aliphatic rings. The molecule has 0 bridgehead atoms. The molecule has 0 radical (unpaired) electrons. The van der Waals surface area contributed by atoms with Crippen LogP contribution in [0.3, 0.4) is 0 Å². The lowest BCUT2D eigenvalue weighted by molar-refractivity contribution is -0.298. The predicted octanol–water partition coefficient (Wildman–Crippen LogP) is 8.95. The summed E-state index contributed by atoms with van der Waals surface area (Å²) in [6.45, 7) is 36.0. The molecule has 13 nitrogen and oxygen atoms in total. The minimum Gasteiger partial charge on any atom is -0.377 e. The zero-order chi connectivity index (χ0) is 40.5. The smallest absolute Gasteiger partial charge is 0.377 e. The second-order valence-corrected chi connectivity index (χ2v) is 19.8. The lowest BCUT2D eigenvalue weighted by Crippen LogP contribution is -2.65. The first-order chi connectivity index (χ1) is 23.1. The molecule has 0 amide bonds. The van der Waals surface area contributed by atoms with Crippen molar-refractivity contribution in [3.8, 4) is 0 Å². The molecule has 2 saturated heterocycles. The molecule has 0 atom stereocenters. The molecule has 0 saturated carbocycles. The highest BCUT2D eigenvalue weighted by Gasteiger charge is 2.61. The Morgan fingerprint density at radius 2 is 1.02 bits per heavy atom. The van der Waals surface area contributed by atoms with Crippen LogP contribution in [0.2, 0.25) is 0 Å². The molecule has 2 rings (SSSR count). The molecule has 15 heteroatoms. The van der Waals surface area contributed by atoms with Crippen molar-refractivity contribution < 1.29 is 46.8 Å². The summed E-state index contributed by atoms with van der Waals surface area (Å²) in [5.74, 6) is 0.335. The van der Waals surface area contributed by atoms with Crippen molar-refractivity contribution in [3.05, 3.63) is 0 Å². The van der Waals surface area contributed by atoms with Crippen LogP contribution in [0.25, 0.3) is 0 Å².